The third-order valence-corrected chi connectivity index (χ3v) is 0.689. The van der Waals surface area contributed by atoms with E-state index in [1.54, 1.807) is 0 Å². The van der Waals surface area contributed by atoms with Gasteiger partial charge in [-0.05, 0) is 0 Å². The molecule has 0 rings (SSSR count). The van der Waals surface area contributed by atoms with Crippen LogP contribution >= 0.6 is 0 Å². The average molecular weight is 160 g/mol. The van der Waals surface area contributed by atoms with E-state index in [4.69, 9.17) is 5.26 Å². The molecule has 0 saturated carbocycles. The van der Waals surface area contributed by atoms with Crippen molar-refractivity contribution >= 4 is 11.7 Å². The number of methoxy groups -OCH3 is 1. The van der Waals surface area contributed by atoms with Gasteiger partial charge in [0.1, 0.15) is 6.07 Å². The number of nitriles is 1. The summed E-state index contributed by atoms with van der Waals surface area (Å²) in [5.41, 5.74) is -0.620. The highest BCUT2D eigenvalue weighted by atomic mass is 19.1. The second-order valence-electron chi connectivity index (χ2n) is 1.28. The van der Waals surface area contributed by atoms with Gasteiger partial charge in [-0.1, -0.05) is 5.16 Å². The lowest BCUT2D eigenvalue weighted by molar-refractivity contribution is -0.132. The van der Waals surface area contributed by atoms with Gasteiger partial charge < -0.3 is 9.57 Å². The van der Waals surface area contributed by atoms with Gasteiger partial charge in [-0.2, -0.15) is 5.26 Å². The summed E-state index contributed by atoms with van der Waals surface area (Å²) in [6.07, 6.45) is 0. The number of hydrogen-bond acceptors (Lipinski definition) is 5. The van der Waals surface area contributed by atoms with Crippen molar-refractivity contribution in [2.24, 2.45) is 5.16 Å². The number of oxime groups is 1. The smallest absolute Gasteiger partial charge is 0.371 e. The maximum atomic E-state index is 11.3. The quantitative estimate of drug-likeness (QED) is 0.330. The lowest BCUT2D eigenvalue weighted by atomic mass is 10.4. The first-order valence-corrected chi connectivity index (χ1v) is 2.50. The molecule has 0 fully saturated rings. The van der Waals surface area contributed by atoms with Crippen molar-refractivity contribution in [3.05, 3.63) is 0 Å². The van der Waals surface area contributed by atoms with Crippen LogP contribution in [0.1, 0.15) is 0 Å². The molecule has 0 unspecified atom stereocenters. The summed E-state index contributed by atoms with van der Waals surface area (Å²) < 4.78 is 15.4. The van der Waals surface area contributed by atoms with E-state index in [1.807, 2.05) is 0 Å². The third-order valence-electron chi connectivity index (χ3n) is 0.689. The van der Waals surface area contributed by atoms with Gasteiger partial charge in [-0.25, -0.2) is 9.18 Å². The highest BCUT2D eigenvalue weighted by Crippen LogP contribution is 1.84. The van der Waals surface area contributed by atoms with Crippen molar-refractivity contribution in [1.82, 2.24) is 0 Å². The molecule has 60 valence electrons. The highest BCUT2D eigenvalue weighted by molar-refractivity contribution is 6.42. The Hall–Kier alpha value is -1.64. The minimum Gasteiger partial charge on any atom is -0.464 e. The summed E-state index contributed by atoms with van der Waals surface area (Å²) >= 11 is 0. The molecule has 0 spiro atoms. The van der Waals surface area contributed by atoms with Crippen molar-refractivity contribution < 1.29 is 18.8 Å². The predicted molar refractivity (Wildman–Crippen MR) is 32.1 cm³/mol. The molecule has 6 heteroatoms. The zero-order chi connectivity index (χ0) is 8.69. The predicted octanol–water partition coefficient (Wildman–Crippen LogP) is -0.0174. The van der Waals surface area contributed by atoms with Gasteiger partial charge in [0.05, 0.1) is 7.11 Å². The van der Waals surface area contributed by atoms with E-state index < -0.39 is 18.5 Å². The highest BCUT2D eigenvalue weighted by Gasteiger charge is 2.10. The number of alkyl halides is 1. The number of rotatable bonds is 3. The lowest BCUT2D eigenvalue weighted by Crippen LogP contribution is -2.13. The number of hydrogen-bond donors (Lipinski definition) is 0. The van der Waals surface area contributed by atoms with Crippen LogP contribution in [0.15, 0.2) is 5.16 Å². The maximum absolute atomic E-state index is 11.3. The van der Waals surface area contributed by atoms with E-state index >= 15 is 0 Å². The summed E-state index contributed by atoms with van der Waals surface area (Å²) in [6.45, 7) is -1.19. The van der Waals surface area contributed by atoms with E-state index in [1.165, 1.54) is 6.07 Å². The van der Waals surface area contributed by atoms with Crippen LogP contribution in [0, 0.1) is 11.3 Å². The normalized spacial score (nSPS) is 10.1. The van der Waals surface area contributed by atoms with E-state index in [9.17, 15) is 9.18 Å². The number of esters is 1. The molecule has 0 amide bonds. The van der Waals surface area contributed by atoms with E-state index in [0.29, 0.717) is 0 Å². The van der Waals surface area contributed by atoms with Crippen LogP contribution in [0.2, 0.25) is 0 Å². The number of ether oxygens (including phenoxy) is 1. The first-order chi connectivity index (χ1) is 5.26. The Kier molecular flexibility index (Phi) is 4.40. The average Bonchev–Trinajstić information content (AvgIpc) is 2.05. The molecule has 0 aliphatic heterocycles. The molecule has 0 aromatic heterocycles. The fourth-order valence-electron chi connectivity index (χ4n) is 0.289. The summed E-state index contributed by atoms with van der Waals surface area (Å²) in [5.74, 6) is -0.957. The van der Waals surface area contributed by atoms with Gasteiger partial charge in [0.2, 0.25) is 0 Å². The summed E-state index contributed by atoms with van der Waals surface area (Å²) in [6, 6.07) is 1.37. The van der Waals surface area contributed by atoms with Crippen LogP contribution in [-0.2, 0) is 14.4 Å². The van der Waals surface area contributed by atoms with Gasteiger partial charge in [0.15, 0.2) is 0 Å². The van der Waals surface area contributed by atoms with Crippen LogP contribution < -0.4 is 0 Å². The lowest BCUT2D eigenvalue weighted by Gasteiger charge is -1.93. The SMILES string of the molecule is COC(=O)C(C#N)=NOCF. The molecule has 0 bridgehead atoms. The molecule has 0 saturated heterocycles. The topological polar surface area (TPSA) is 71.7 Å². The Labute approximate surface area is 62.0 Å². The Morgan fingerprint density at radius 1 is 1.82 bits per heavy atom. The van der Waals surface area contributed by atoms with Crippen LogP contribution in [-0.4, -0.2) is 25.7 Å². The molecule has 11 heavy (non-hydrogen) atoms. The number of nitrogens with zero attached hydrogens (tertiary/aromatic N) is 2. The summed E-state index contributed by atoms with van der Waals surface area (Å²) in [7, 11) is 1.07. The number of carbonyl (C=O) groups excluding carboxylic acids is 1. The fraction of sp³-hybridized carbons (Fsp3) is 0.400. The maximum Gasteiger partial charge on any atom is 0.371 e. The van der Waals surface area contributed by atoms with Crippen LogP contribution in [0.4, 0.5) is 4.39 Å². The molecule has 0 aromatic carbocycles. The molecule has 0 radical (unpaired) electrons. The third kappa shape index (κ3) is 3.15. The second-order valence-corrected chi connectivity index (χ2v) is 1.28. The minimum atomic E-state index is -1.19. The standard InChI is InChI=1S/C5H5FN2O3/c1-10-5(9)4(2-7)8-11-3-6/h3H2,1H3. The van der Waals surface area contributed by atoms with E-state index in [-0.39, 0.29) is 0 Å². The Balaban J connectivity index is 4.18. The zero-order valence-corrected chi connectivity index (χ0v) is 5.70. The van der Waals surface area contributed by atoms with Crippen LogP contribution in [0.25, 0.3) is 0 Å². The molecule has 0 heterocycles. The largest absolute Gasteiger partial charge is 0.464 e. The zero-order valence-electron chi connectivity index (χ0n) is 5.70. The van der Waals surface area contributed by atoms with Crippen molar-refractivity contribution in [3.8, 4) is 6.07 Å². The molecular formula is C5H5FN2O3. The molecule has 0 aromatic rings. The first kappa shape index (κ1) is 9.36. The van der Waals surface area contributed by atoms with E-state index in [2.05, 4.69) is 14.7 Å². The van der Waals surface area contributed by atoms with Gasteiger partial charge in [-0.3, -0.25) is 0 Å². The van der Waals surface area contributed by atoms with Crippen molar-refractivity contribution in [1.29, 1.82) is 5.26 Å². The molecule has 0 aliphatic carbocycles. The van der Waals surface area contributed by atoms with Gasteiger partial charge in [0.25, 0.3) is 12.6 Å². The molecule has 0 atom stereocenters. The number of halogens is 1. The van der Waals surface area contributed by atoms with E-state index in [0.717, 1.165) is 7.11 Å². The van der Waals surface area contributed by atoms with Gasteiger partial charge in [-0.15, -0.1) is 0 Å². The Morgan fingerprint density at radius 2 is 2.45 bits per heavy atom. The molecule has 5 nitrogen and oxygen atoms in total. The molecular weight excluding hydrogens is 155 g/mol. The first-order valence-electron chi connectivity index (χ1n) is 2.50. The number of carbonyl (C=O) groups is 1. The summed E-state index contributed by atoms with van der Waals surface area (Å²) in [4.78, 5) is 14.3. The van der Waals surface area contributed by atoms with Crippen molar-refractivity contribution in [3.63, 3.8) is 0 Å². The fourth-order valence-corrected chi connectivity index (χ4v) is 0.289. The molecule has 0 aliphatic rings. The van der Waals surface area contributed by atoms with Crippen molar-refractivity contribution in [2.45, 2.75) is 0 Å². The monoisotopic (exact) mass is 160 g/mol. The Bertz CT molecular complexity index is 208. The van der Waals surface area contributed by atoms with Crippen LogP contribution in [0.5, 0.6) is 0 Å². The molecule has 0 N–H and O–H groups in total. The van der Waals surface area contributed by atoms with Crippen LogP contribution in [0.3, 0.4) is 0 Å². The van der Waals surface area contributed by atoms with Gasteiger partial charge in [0, 0.05) is 0 Å². The minimum absolute atomic E-state index is 0.620. The summed E-state index contributed by atoms with van der Waals surface area (Å²) in [5, 5.41) is 11.0. The van der Waals surface area contributed by atoms with Gasteiger partial charge >= 0.3 is 5.97 Å². The van der Waals surface area contributed by atoms with Crippen molar-refractivity contribution in [2.75, 3.05) is 14.0 Å². The second kappa shape index (κ2) is 5.17. The Morgan fingerprint density at radius 3 is 2.82 bits per heavy atom.